The number of hydrogen-bond donors (Lipinski definition) is 3. The molecule has 5 rings (SSSR count). The summed E-state index contributed by atoms with van der Waals surface area (Å²) in [5.41, 5.74) is 5.30. The highest BCUT2D eigenvalue weighted by atomic mass is 35.5. The minimum Gasteiger partial charge on any atom is -0.386 e. The van der Waals surface area contributed by atoms with Crippen LogP contribution in [-0.4, -0.2) is 54.6 Å². The number of nitrogens with one attached hydrogen (secondary N) is 1. The monoisotopic (exact) mass is 510 g/mol. The maximum Gasteiger partial charge on any atom is 0.269 e. The standard InChI is InChI=1S/C25H27ClN6O4/c1-25(2,36)16-6-3-5-15-20(23(27)34)30-31(22(15)16)12-19(33)32-14-10-9-13(11-14)21(32)24(35)29-18-8-4-7-17(26)28-18/h3-8,13-14,21,36H,9-12H2,1-2H3,(H2,27,34)(H,28,29,35)/t13-,14+,21-/m0/s1. The normalized spacial score (nSPS) is 21.2. The van der Waals surface area contributed by atoms with Gasteiger partial charge in [0.25, 0.3) is 5.91 Å². The molecule has 188 valence electrons. The summed E-state index contributed by atoms with van der Waals surface area (Å²) in [6, 6.07) is 9.35. The van der Waals surface area contributed by atoms with Gasteiger partial charge in [0.15, 0.2) is 5.69 Å². The van der Waals surface area contributed by atoms with Crippen LogP contribution in [-0.2, 0) is 21.7 Å². The van der Waals surface area contributed by atoms with Crippen LogP contribution in [0, 0.1) is 5.92 Å². The number of halogens is 1. The van der Waals surface area contributed by atoms with E-state index in [4.69, 9.17) is 17.3 Å². The summed E-state index contributed by atoms with van der Waals surface area (Å²) in [5.74, 6) is -0.981. The number of carbonyl (C=O) groups is 3. The molecule has 1 aliphatic carbocycles. The first-order chi connectivity index (χ1) is 17.0. The highest BCUT2D eigenvalue weighted by molar-refractivity contribution is 6.29. The molecule has 3 aromatic rings. The van der Waals surface area contributed by atoms with E-state index in [-0.39, 0.29) is 41.2 Å². The van der Waals surface area contributed by atoms with Gasteiger partial charge >= 0.3 is 0 Å². The number of likely N-dealkylation sites (tertiary alicyclic amines) is 1. The number of pyridine rings is 1. The summed E-state index contributed by atoms with van der Waals surface area (Å²) in [6.07, 6.45) is 2.42. The lowest BCUT2D eigenvalue weighted by Gasteiger charge is -2.34. The number of hydrogen-bond acceptors (Lipinski definition) is 6. The number of primary amides is 1. The lowest BCUT2D eigenvalue weighted by atomic mass is 9.95. The highest BCUT2D eigenvalue weighted by Crippen LogP contribution is 2.43. The number of aromatic nitrogens is 3. The Balaban J connectivity index is 1.48. The van der Waals surface area contributed by atoms with Crippen LogP contribution >= 0.6 is 11.6 Å². The molecular formula is C25H27ClN6O4. The van der Waals surface area contributed by atoms with Gasteiger partial charge in [-0.05, 0) is 51.2 Å². The molecule has 3 heterocycles. The van der Waals surface area contributed by atoms with E-state index >= 15 is 0 Å². The first kappa shape index (κ1) is 24.2. The van der Waals surface area contributed by atoms with Crippen LogP contribution in [0.2, 0.25) is 5.15 Å². The van der Waals surface area contributed by atoms with E-state index in [1.165, 1.54) is 4.68 Å². The van der Waals surface area contributed by atoms with Gasteiger partial charge in [-0.15, -0.1) is 0 Å². The fourth-order valence-electron chi connectivity index (χ4n) is 5.60. The zero-order valence-electron chi connectivity index (χ0n) is 19.9. The third kappa shape index (κ3) is 4.20. The van der Waals surface area contributed by atoms with Gasteiger partial charge in [-0.1, -0.05) is 35.9 Å². The second-order valence-electron chi connectivity index (χ2n) is 9.94. The molecule has 10 nitrogen and oxygen atoms in total. The van der Waals surface area contributed by atoms with Crippen LogP contribution in [0.5, 0.6) is 0 Å². The molecule has 1 saturated heterocycles. The van der Waals surface area contributed by atoms with Crippen molar-refractivity contribution >= 4 is 46.0 Å². The zero-order valence-corrected chi connectivity index (χ0v) is 20.7. The second-order valence-corrected chi connectivity index (χ2v) is 10.3. The number of amides is 3. The lowest BCUT2D eigenvalue weighted by Crippen LogP contribution is -2.52. The predicted molar refractivity (Wildman–Crippen MR) is 133 cm³/mol. The molecule has 0 spiro atoms. The van der Waals surface area contributed by atoms with Gasteiger partial charge in [0.1, 0.15) is 23.6 Å². The molecule has 1 aromatic carbocycles. The molecule has 3 amide bonds. The second kappa shape index (κ2) is 8.86. The van der Waals surface area contributed by atoms with E-state index in [2.05, 4.69) is 15.4 Å². The Labute approximate surface area is 212 Å². The molecule has 4 N–H and O–H groups in total. The molecule has 0 unspecified atom stereocenters. The van der Waals surface area contributed by atoms with Gasteiger partial charge in [-0.2, -0.15) is 5.10 Å². The van der Waals surface area contributed by atoms with E-state index < -0.39 is 17.6 Å². The fraction of sp³-hybridized carbons (Fsp3) is 0.400. The van der Waals surface area contributed by atoms with Crippen molar-refractivity contribution in [3.63, 3.8) is 0 Å². The molecule has 2 aromatic heterocycles. The van der Waals surface area contributed by atoms with E-state index in [1.807, 2.05) is 0 Å². The number of fused-ring (bicyclic) bond motifs is 3. The van der Waals surface area contributed by atoms with Gasteiger partial charge in [0.05, 0.1) is 11.1 Å². The molecule has 11 heteroatoms. The maximum atomic E-state index is 13.7. The van der Waals surface area contributed by atoms with Crippen LogP contribution in [0.3, 0.4) is 0 Å². The first-order valence-electron chi connectivity index (χ1n) is 11.8. The zero-order chi connectivity index (χ0) is 25.8. The highest BCUT2D eigenvalue weighted by Gasteiger charge is 2.51. The molecule has 1 saturated carbocycles. The van der Waals surface area contributed by atoms with Crippen molar-refractivity contribution in [3.8, 4) is 0 Å². The summed E-state index contributed by atoms with van der Waals surface area (Å²) in [6.45, 7) is 3.03. The number of para-hydroxylation sites is 1. The summed E-state index contributed by atoms with van der Waals surface area (Å²) in [7, 11) is 0. The van der Waals surface area contributed by atoms with E-state index in [9.17, 15) is 19.5 Å². The van der Waals surface area contributed by atoms with Crippen molar-refractivity contribution in [2.75, 3.05) is 5.32 Å². The van der Waals surface area contributed by atoms with Gasteiger partial charge in [0, 0.05) is 17.0 Å². The lowest BCUT2D eigenvalue weighted by molar-refractivity contribution is -0.141. The number of benzene rings is 1. The summed E-state index contributed by atoms with van der Waals surface area (Å²) >= 11 is 5.95. The molecule has 2 aliphatic rings. The largest absolute Gasteiger partial charge is 0.386 e. The molecule has 36 heavy (non-hydrogen) atoms. The minimum absolute atomic E-state index is 0.0215. The number of nitrogens with two attached hydrogens (primary N) is 1. The Morgan fingerprint density at radius 3 is 2.64 bits per heavy atom. The number of rotatable bonds is 6. The van der Waals surface area contributed by atoms with Crippen molar-refractivity contribution in [2.45, 2.75) is 57.3 Å². The first-order valence-corrected chi connectivity index (χ1v) is 12.2. The van der Waals surface area contributed by atoms with E-state index in [1.54, 1.807) is 55.1 Å². The Bertz CT molecular complexity index is 1380. The molecule has 1 aliphatic heterocycles. The van der Waals surface area contributed by atoms with Crippen molar-refractivity contribution in [1.29, 1.82) is 0 Å². The van der Waals surface area contributed by atoms with E-state index in [0.29, 0.717) is 22.3 Å². The minimum atomic E-state index is -1.26. The average molecular weight is 511 g/mol. The third-order valence-electron chi connectivity index (χ3n) is 7.06. The van der Waals surface area contributed by atoms with E-state index in [0.717, 1.165) is 19.3 Å². The van der Waals surface area contributed by atoms with Crippen LogP contribution in [0.4, 0.5) is 5.82 Å². The SMILES string of the molecule is CC(C)(O)c1cccc2c(C(N)=O)nn(CC(=O)N3[C@@H]4CC[C@@H](C4)[C@H]3C(=O)Nc3cccc(Cl)n3)c12. The topological polar surface area (TPSA) is 143 Å². The van der Waals surface area contributed by atoms with Crippen LogP contribution in [0.15, 0.2) is 36.4 Å². The average Bonchev–Trinajstić information content (AvgIpc) is 3.51. The van der Waals surface area contributed by atoms with Gasteiger partial charge in [-0.25, -0.2) is 4.98 Å². The van der Waals surface area contributed by atoms with Crippen LogP contribution in [0.1, 0.15) is 49.2 Å². The van der Waals surface area contributed by atoms with Crippen LogP contribution < -0.4 is 11.1 Å². The molecule has 3 atom stereocenters. The van der Waals surface area contributed by atoms with Gasteiger partial charge < -0.3 is 21.1 Å². The van der Waals surface area contributed by atoms with Crippen molar-refractivity contribution in [3.05, 3.63) is 52.8 Å². The van der Waals surface area contributed by atoms with Crippen molar-refractivity contribution in [2.24, 2.45) is 11.7 Å². The molecule has 0 radical (unpaired) electrons. The number of anilines is 1. The Hall–Kier alpha value is -3.50. The Kier molecular flexibility index (Phi) is 5.96. The third-order valence-corrected chi connectivity index (χ3v) is 7.27. The number of aliphatic hydroxyl groups is 1. The smallest absolute Gasteiger partial charge is 0.269 e. The maximum absolute atomic E-state index is 13.7. The fourth-order valence-corrected chi connectivity index (χ4v) is 5.76. The number of piperidine rings is 1. The summed E-state index contributed by atoms with van der Waals surface area (Å²) in [5, 5.41) is 18.6. The van der Waals surface area contributed by atoms with Crippen molar-refractivity contribution in [1.82, 2.24) is 19.7 Å². The van der Waals surface area contributed by atoms with Gasteiger partial charge in [0.2, 0.25) is 11.8 Å². The van der Waals surface area contributed by atoms with Crippen molar-refractivity contribution < 1.29 is 19.5 Å². The molecule has 2 bridgehead atoms. The Morgan fingerprint density at radius 1 is 1.19 bits per heavy atom. The van der Waals surface area contributed by atoms with Crippen LogP contribution in [0.25, 0.3) is 10.9 Å². The summed E-state index contributed by atoms with van der Waals surface area (Å²) < 4.78 is 1.41. The molecular weight excluding hydrogens is 484 g/mol. The summed E-state index contributed by atoms with van der Waals surface area (Å²) in [4.78, 5) is 44.8. The predicted octanol–water partition coefficient (Wildman–Crippen LogP) is 2.43. The quantitative estimate of drug-likeness (QED) is 0.434. The Morgan fingerprint density at radius 2 is 1.94 bits per heavy atom. The number of carbonyl (C=O) groups excluding carboxylic acids is 3. The number of nitrogens with zero attached hydrogens (tertiary/aromatic N) is 4. The molecule has 2 fully saturated rings. The van der Waals surface area contributed by atoms with Gasteiger partial charge in [-0.3, -0.25) is 19.1 Å².